The maximum Gasteiger partial charge on any atom is 0.326 e. The van der Waals surface area contributed by atoms with E-state index in [1.165, 1.54) is 11.3 Å². The van der Waals surface area contributed by atoms with E-state index in [2.05, 4.69) is 4.99 Å². The molecule has 3 rings (SSSR count). The molecule has 0 bridgehead atoms. The molecule has 0 saturated carbocycles. The number of nitrogens with zero attached hydrogens (tertiary/aromatic N) is 2. The topological polar surface area (TPSA) is 79.1 Å². The minimum atomic E-state index is -0.369. The van der Waals surface area contributed by atoms with Crippen molar-refractivity contribution in [3.05, 3.63) is 51.8 Å². The highest BCUT2D eigenvalue weighted by atomic mass is 32.1. The van der Waals surface area contributed by atoms with Gasteiger partial charge in [-0.15, -0.1) is 0 Å². The van der Waals surface area contributed by atoms with Crippen LogP contribution in [0, 0.1) is 13.8 Å². The van der Waals surface area contributed by atoms with Gasteiger partial charge < -0.3 is 18.8 Å². The summed E-state index contributed by atoms with van der Waals surface area (Å²) in [6, 6.07) is 9.35. The highest BCUT2D eigenvalue weighted by Gasteiger charge is 2.15. The van der Waals surface area contributed by atoms with Crippen molar-refractivity contribution in [2.24, 2.45) is 4.99 Å². The molecular formula is C23H26N2O5S. The van der Waals surface area contributed by atoms with Crippen LogP contribution in [0.15, 0.2) is 35.3 Å². The number of carbonyl (C=O) groups is 2. The lowest BCUT2D eigenvalue weighted by atomic mass is 10.1. The first-order valence-corrected chi connectivity index (χ1v) is 10.7. The monoisotopic (exact) mass is 442 g/mol. The summed E-state index contributed by atoms with van der Waals surface area (Å²) in [5.74, 6) is 0.504. The van der Waals surface area contributed by atoms with Crippen LogP contribution in [0.1, 0.15) is 23.6 Å². The van der Waals surface area contributed by atoms with Crippen molar-refractivity contribution in [3.8, 4) is 11.5 Å². The van der Waals surface area contributed by atoms with E-state index in [9.17, 15) is 9.59 Å². The second-order valence-corrected chi connectivity index (χ2v) is 8.05. The molecule has 1 aromatic heterocycles. The molecule has 0 saturated heterocycles. The van der Waals surface area contributed by atoms with Gasteiger partial charge in [0.2, 0.25) is 0 Å². The lowest BCUT2D eigenvalue weighted by molar-refractivity contribution is -0.143. The van der Waals surface area contributed by atoms with Crippen molar-refractivity contribution in [3.63, 3.8) is 0 Å². The number of amides is 1. The Hall–Kier alpha value is -3.13. The molecule has 31 heavy (non-hydrogen) atoms. The van der Waals surface area contributed by atoms with Gasteiger partial charge in [-0.25, -0.2) is 0 Å². The molecule has 0 aliphatic rings. The van der Waals surface area contributed by atoms with Crippen LogP contribution in [-0.4, -0.2) is 37.3 Å². The highest BCUT2D eigenvalue weighted by Crippen LogP contribution is 2.25. The van der Waals surface area contributed by atoms with E-state index in [4.69, 9.17) is 14.2 Å². The Kier molecular flexibility index (Phi) is 7.12. The molecule has 0 radical (unpaired) electrons. The largest absolute Gasteiger partial charge is 0.497 e. The molecule has 0 aliphatic carbocycles. The van der Waals surface area contributed by atoms with Crippen LogP contribution >= 0.6 is 11.3 Å². The number of aromatic nitrogens is 1. The van der Waals surface area contributed by atoms with Gasteiger partial charge in [0, 0.05) is 11.6 Å². The van der Waals surface area contributed by atoms with Gasteiger partial charge in [-0.2, -0.15) is 4.99 Å². The van der Waals surface area contributed by atoms with E-state index in [0.717, 1.165) is 21.3 Å². The number of benzene rings is 2. The standard InChI is InChI=1S/C23H26N2O5S/c1-6-30-22(27)13-25-18-9-14(2)15(3)10-20(18)31-23(25)24-21(26)11-16-7-8-17(28-4)12-19(16)29-5/h7-10,12H,6,11,13H2,1-5H3. The number of methoxy groups -OCH3 is 2. The fraction of sp³-hybridized carbons (Fsp3) is 0.348. The van der Waals surface area contributed by atoms with Crippen LogP contribution in [-0.2, 0) is 27.3 Å². The molecule has 0 atom stereocenters. The Morgan fingerprint density at radius 3 is 2.48 bits per heavy atom. The highest BCUT2D eigenvalue weighted by molar-refractivity contribution is 7.16. The predicted octanol–water partition coefficient (Wildman–Crippen LogP) is 3.57. The molecule has 2 aromatic carbocycles. The molecule has 0 N–H and O–H groups in total. The molecule has 0 aliphatic heterocycles. The van der Waals surface area contributed by atoms with Gasteiger partial charge in [-0.3, -0.25) is 9.59 Å². The molecule has 0 spiro atoms. The first-order chi connectivity index (χ1) is 14.9. The number of hydrogen-bond acceptors (Lipinski definition) is 6. The maximum absolute atomic E-state index is 12.8. The van der Waals surface area contributed by atoms with Crippen molar-refractivity contribution in [2.75, 3.05) is 20.8 Å². The van der Waals surface area contributed by atoms with Gasteiger partial charge in [-0.05, 0) is 50.1 Å². The summed E-state index contributed by atoms with van der Waals surface area (Å²) in [6.45, 7) is 6.09. The summed E-state index contributed by atoms with van der Waals surface area (Å²) in [4.78, 5) is 29.8. The number of aryl methyl sites for hydroxylation is 2. The molecule has 3 aromatic rings. The molecule has 1 heterocycles. The first-order valence-electron chi connectivity index (χ1n) is 9.91. The third-order valence-corrected chi connectivity index (χ3v) is 5.99. The van der Waals surface area contributed by atoms with Crippen LogP contribution in [0.2, 0.25) is 0 Å². The van der Waals surface area contributed by atoms with E-state index in [1.807, 2.05) is 26.0 Å². The minimum Gasteiger partial charge on any atom is -0.497 e. The number of rotatable bonds is 7. The zero-order valence-corrected chi connectivity index (χ0v) is 19.2. The summed E-state index contributed by atoms with van der Waals surface area (Å²) < 4.78 is 18.4. The Bertz CT molecular complexity index is 1190. The van der Waals surface area contributed by atoms with Crippen LogP contribution in [0.3, 0.4) is 0 Å². The van der Waals surface area contributed by atoms with E-state index >= 15 is 0 Å². The Morgan fingerprint density at radius 1 is 1.06 bits per heavy atom. The number of esters is 1. The van der Waals surface area contributed by atoms with Crippen molar-refractivity contribution < 1.29 is 23.8 Å². The molecule has 8 heteroatoms. The molecule has 0 fully saturated rings. The molecule has 7 nitrogen and oxygen atoms in total. The smallest absolute Gasteiger partial charge is 0.326 e. The van der Waals surface area contributed by atoms with Crippen molar-refractivity contribution in [1.82, 2.24) is 4.57 Å². The predicted molar refractivity (Wildman–Crippen MR) is 120 cm³/mol. The summed E-state index contributed by atoms with van der Waals surface area (Å²) in [6.07, 6.45) is 0.0683. The number of carbonyl (C=O) groups excluding carboxylic acids is 2. The van der Waals surface area contributed by atoms with E-state index < -0.39 is 0 Å². The Labute approximate surface area is 184 Å². The second-order valence-electron chi connectivity index (χ2n) is 7.04. The Balaban J connectivity index is 2.02. The van der Waals surface area contributed by atoms with E-state index in [-0.39, 0.29) is 24.8 Å². The summed E-state index contributed by atoms with van der Waals surface area (Å²) >= 11 is 1.38. The number of thiazole rings is 1. The van der Waals surface area contributed by atoms with Gasteiger partial charge in [0.25, 0.3) is 5.91 Å². The second kappa shape index (κ2) is 9.78. The zero-order valence-electron chi connectivity index (χ0n) is 18.4. The van der Waals surface area contributed by atoms with Crippen molar-refractivity contribution in [1.29, 1.82) is 0 Å². The molecule has 1 amide bonds. The lowest BCUT2D eigenvalue weighted by Crippen LogP contribution is -2.23. The SMILES string of the molecule is CCOC(=O)Cn1c(=NC(=O)Cc2ccc(OC)cc2OC)sc2cc(C)c(C)cc21. The third kappa shape index (κ3) is 5.14. The molecule has 0 unspecified atom stereocenters. The van der Waals surface area contributed by atoms with Crippen LogP contribution < -0.4 is 14.3 Å². The third-order valence-electron chi connectivity index (χ3n) is 4.95. The fourth-order valence-electron chi connectivity index (χ4n) is 3.20. The van der Waals surface area contributed by atoms with Gasteiger partial charge >= 0.3 is 5.97 Å². The first kappa shape index (κ1) is 22.6. The van der Waals surface area contributed by atoms with E-state index in [1.54, 1.807) is 43.9 Å². The molecule has 164 valence electrons. The summed E-state index contributed by atoms with van der Waals surface area (Å²) in [5.41, 5.74) is 3.80. The van der Waals surface area contributed by atoms with E-state index in [0.29, 0.717) is 28.5 Å². The number of ether oxygens (including phenoxy) is 3. The van der Waals surface area contributed by atoms with Crippen LogP contribution in [0.5, 0.6) is 11.5 Å². The number of hydrogen-bond donors (Lipinski definition) is 0. The van der Waals surface area contributed by atoms with Gasteiger partial charge in [-0.1, -0.05) is 17.4 Å². The summed E-state index contributed by atoms with van der Waals surface area (Å²) in [5, 5.41) is 0. The Morgan fingerprint density at radius 2 is 1.81 bits per heavy atom. The number of fused-ring (bicyclic) bond motifs is 1. The lowest BCUT2D eigenvalue weighted by Gasteiger charge is -2.09. The fourth-order valence-corrected chi connectivity index (χ4v) is 4.33. The van der Waals surface area contributed by atoms with Crippen LogP contribution in [0.25, 0.3) is 10.2 Å². The summed E-state index contributed by atoms with van der Waals surface area (Å²) in [7, 11) is 3.12. The normalized spacial score (nSPS) is 11.6. The average molecular weight is 443 g/mol. The van der Waals surface area contributed by atoms with Crippen molar-refractivity contribution >= 4 is 33.4 Å². The van der Waals surface area contributed by atoms with Crippen LogP contribution in [0.4, 0.5) is 0 Å². The zero-order chi connectivity index (χ0) is 22.5. The van der Waals surface area contributed by atoms with Gasteiger partial charge in [0.15, 0.2) is 4.80 Å². The van der Waals surface area contributed by atoms with Crippen molar-refractivity contribution in [2.45, 2.75) is 33.7 Å². The van der Waals surface area contributed by atoms with Gasteiger partial charge in [0.1, 0.15) is 18.0 Å². The molecular weight excluding hydrogens is 416 g/mol. The minimum absolute atomic E-state index is 0.00564. The van der Waals surface area contributed by atoms with Gasteiger partial charge in [0.05, 0.1) is 37.5 Å². The average Bonchev–Trinajstić information content (AvgIpc) is 3.04. The quantitative estimate of drug-likeness (QED) is 0.523. The maximum atomic E-state index is 12.8.